The normalized spacial score (nSPS) is 25.6. The molecule has 24 heteroatoms. The Morgan fingerprint density at radius 3 is 2.17 bits per heavy atom. The van der Waals surface area contributed by atoms with Crippen LogP contribution >= 0.6 is 11.8 Å². The van der Waals surface area contributed by atoms with Crippen LogP contribution in [0.2, 0.25) is 0 Å². The molecule has 0 radical (unpaired) electrons. The second kappa shape index (κ2) is 17.6. The molecule has 0 aromatic heterocycles. The van der Waals surface area contributed by atoms with Gasteiger partial charge in [-0.05, 0) is 88.9 Å². The molecule has 17 nitrogen and oxygen atoms in total. The number of benzene rings is 3. The summed E-state index contributed by atoms with van der Waals surface area (Å²) in [5.74, 6) is -7.70. The standard InChI is InChI=1S/C47H46F6N4O13S/c1-19-11-22-12-24-25(15-54)57-26-16-64-40(58)45(23-14-27(62-7)28(13-21(23)9-10-55-45)67-43(61)70-44(3,4)5)17-71-39(31-30(26)37-36(65-18-66-37)20(2)35(31)68-41(59)46(48,49)50)33(57)32(56(24)6)29(22)38(34(19)63-8)69-42(60)47(51,52)53/h11,13-14,24-26,32-33,39,55H,9-10,12,16-18H2,1-8H3/t24-,25-,26-,32+,33?,39+,45+/m0/s1. The van der Waals surface area contributed by atoms with E-state index in [2.05, 4.69) is 11.4 Å². The van der Waals surface area contributed by atoms with Crippen LogP contribution in [0.3, 0.4) is 0 Å². The fourth-order valence-electron chi connectivity index (χ4n) is 10.8. The maximum absolute atomic E-state index is 15.1. The van der Waals surface area contributed by atoms with Crippen molar-refractivity contribution in [3.8, 4) is 46.3 Å². The highest BCUT2D eigenvalue weighted by Crippen LogP contribution is 2.65. The monoisotopic (exact) mass is 1020 g/mol. The first-order chi connectivity index (χ1) is 33.3. The number of hydrogen-bond acceptors (Lipinski definition) is 18. The fraction of sp³-hybridized carbons (Fsp3) is 0.511. The Bertz CT molecular complexity index is 2810. The van der Waals surface area contributed by atoms with E-state index >= 15 is 4.79 Å². The lowest BCUT2D eigenvalue weighted by Gasteiger charge is -2.62. The number of nitriles is 1. The number of aryl methyl sites for hydroxylation is 1. The molecule has 7 aliphatic heterocycles. The molecule has 380 valence electrons. The molecule has 0 aliphatic carbocycles. The third-order valence-corrected chi connectivity index (χ3v) is 15.1. The minimum Gasteiger partial charge on any atom is -0.493 e. The van der Waals surface area contributed by atoms with Gasteiger partial charge in [0.25, 0.3) is 0 Å². The second-order valence-corrected chi connectivity index (χ2v) is 19.9. The molecule has 0 amide bonds. The molecule has 3 aromatic rings. The molecule has 7 atom stereocenters. The van der Waals surface area contributed by atoms with Crippen molar-refractivity contribution in [3.05, 3.63) is 62.7 Å². The number of carbonyl (C=O) groups excluding carboxylic acids is 4. The Kier molecular flexibility index (Phi) is 12.3. The highest BCUT2D eigenvalue weighted by Gasteiger charge is 2.62. The first kappa shape index (κ1) is 49.8. The molecule has 7 aliphatic rings. The summed E-state index contributed by atoms with van der Waals surface area (Å²) in [6, 6.07) is 1.48. The van der Waals surface area contributed by atoms with Gasteiger partial charge in [0.1, 0.15) is 24.0 Å². The van der Waals surface area contributed by atoms with Gasteiger partial charge in [-0.25, -0.2) is 19.2 Å². The maximum Gasteiger partial charge on any atom is 0.514 e. The van der Waals surface area contributed by atoms with Gasteiger partial charge >= 0.3 is 36.4 Å². The van der Waals surface area contributed by atoms with Crippen molar-refractivity contribution in [2.75, 3.05) is 47.0 Å². The lowest BCUT2D eigenvalue weighted by Crippen LogP contribution is -2.69. The molecule has 2 saturated heterocycles. The summed E-state index contributed by atoms with van der Waals surface area (Å²) < 4.78 is 136. The minimum atomic E-state index is -5.51. The Balaban J connectivity index is 1.30. The van der Waals surface area contributed by atoms with Crippen LogP contribution in [0, 0.1) is 25.2 Å². The summed E-state index contributed by atoms with van der Waals surface area (Å²) in [5.41, 5.74) is -1.17. The molecular weight excluding hydrogens is 975 g/mol. The molecule has 71 heavy (non-hydrogen) atoms. The van der Waals surface area contributed by atoms with E-state index in [4.69, 9.17) is 42.6 Å². The van der Waals surface area contributed by atoms with E-state index in [1.807, 2.05) is 0 Å². The number of carbonyl (C=O) groups is 4. The van der Waals surface area contributed by atoms with Crippen LogP contribution in [0.1, 0.15) is 82.6 Å². The number of methoxy groups -OCH3 is 2. The van der Waals surface area contributed by atoms with E-state index in [0.29, 0.717) is 22.3 Å². The fourth-order valence-corrected chi connectivity index (χ4v) is 12.5. The average molecular weight is 1020 g/mol. The minimum absolute atomic E-state index is 0.0103. The largest absolute Gasteiger partial charge is 0.514 e. The van der Waals surface area contributed by atoms with Gasteiger partial charge < -0.3 is 42.6 Å². The molecule has 7 heterocycles. The van der Waals surface area contributed by atoms with E-state index in [1.165, 1.54) is 33.3 Å². The van der Waals surface area contributed by atoms with E-state index in [9.17, 15) is 46.0 Å². The number of esters is 3. The van der Waals surface area contributed by atoms with Crippen molar-refractivity contribution in [1.29, 1.82) is 5.26 Å². The average Bonchev–Trinajstić information content (AvgIpc) is 3.78. The molecule has 10 rings (SSSR count). The summed E-state index contributed by atoms with van der Waals surface area (Å²) in [4.78, 5) is 57.3. The second-order valence-electron chi connectivity index (χ2n) is 18.8. The Morgan fingerprint density at radius 1 is 0.859 bits per heavy atom. The first-order valence-electron chi connectivity index (χ1n) is 22.1. The predicted octanol–water partition coefficient (Wildman–Crippen LogP) is 6.90. The Hall–Kier alpha value is -6.16. The molecule has 2 fully saturated rings. The Morgan fingerprint density at radius 2 is 1.54 bits per heavy atom. The van der Waals surface area contributed by atoms with Crippen molar-refractivity contribution in [1.82, 2.24) is 15.1 Å². The first-order valence-corrected chi connectivity index (χ1v) is 23.2. The van der Waals surface area contributed by atoms with E-state index in [-0.39, 0.29) is 76.1 Å². The van der Waals surface area contributed by atoms with Gasteiger partial charge in [-0.2, -0.15) is 31.6 Å². The number of fused-ring (bicyclic) bond motifs is 9. The number of halogens is 6. The number of alkyl halides is 6. The van der Waals surface area contributed by atoms with Crippen molar-refractivity contribution in [2.45, 2.75) is 106 Å². The van der Waals surface area contributed by atoms with Crippen molar-refractivity contribution >= 4 is 35.8 Å². The van der Waals surface area contributed by atoms with Crippen molar-refractivity contribution < 1.29 is 88.2 Å². The zero-order valence-corrected chi connectivity index (χ0v) is 40.1. The quantitative estimate of drug-likeness (QED) is 0.120. The Labute approximate surface area is 405 Å². The van der Waals surface area contributed by atoms with E-state index in [0.717, 1.165) is 11.8 Å². The summed E-state index contributed by atoms with van der Waals surface area (Å²) in [6.07, 6.45) is -11.7. The lowest BCUT2D eigenvalue weighted by molar-refractivity contribution is -0.190. The summed E-state index contributed by atoms with van der Waals surface area (Å²) >= 11 is 0.992. The van der Waals surface area contributed by atoms with Crippen LogP contribution in [0.25, 0.3) is 0 Å². The summed E-state index contributed by atoms with van der Waals surface area (Å²) in [5, 5.41) is 13.3. The number of nitrogens with zero attached hydrogens (tertiary/aromatic N) is 3. The van der Waals surface area contributed by atoms with Crippen molar-refractivity contribution in [2.24, 2.45) is 0 Å². The van der Waals surface area contributed by atoms with Gasteiger partial charge in [-0.1, -0.05) is 6.07 Å². The molecule has 1 N–H and O–H groups in total. The smallest absolute Gasteiger partial charge is 0.493 e. The topological polar surface area (TPSA) is 194 Å². The van der Waals surface area contributed by atoms with Gasteiger partial charge in [0.15, 0.2) is 40.0 Å². The molecule has 0 saturated carbocycles. The van der Waals surface area contributed by atoms with E-state index < -0.39 is 108 Å². The number of ether oxygens (including phenoxy) is 9. The van der Waals surface area contributed by atoms with Crippen LogP contribution in [-0.2, 0) is 42.2 Å². The third kappa shape index (κ3) is 8.17. The molecule has 3 aromatic carbocycles. The van der Waals surface area contributed by atoms with Crippen molar-refractivity contribution in [3.63, 3.8) is 0 Å². The van der Waals surface area contributed by atoms with Gasteiger partial charge in [-0.15, -0.1) is 11.8 Å². The van der Waals surface area contributed by atoms with Gasteiger partial charge in [0.2, 0.25) is 6.79 Å². The number of piperazine rings is 1. The zero-order chi connectivity index (χ0) is 51.4. The maximum atomic E-state index is 15.1. The molecule has 1 spiro atoms. The van der Waals surface area contributed by atoms with Gasteiger partial charge in [0.05, 0.1) is 37.6 Å². The number of hydrogen-bond donors (Lipinski definition) is 1. The number of thioether (sulfide) groups is 1. The molecule has 4 bridgehead atoms. The van der Waals surface area contributed by atoms with Crippen LogP contribution < -0.4 is 38.5 Å². The van der Waals surface area contributed by atoms with Crippen LogP contribution in [0.4, 0.5) is 31.1 Å². The van der Waals surface area contributed by atoms with Crippen LogP contribution in [0.5, 0.6) is 40.2 Å². The highest BCUT2D eigenvalue weighted by atomic mass is 32.2. The van der Waals surface area contributed by atoms with E-state index in [1.54, 1.807) is 50.6 Å². The third-order valence-electron chi connectivity index (χ3n) is 13.6. The summed E-state index contributed by atoms with van der Waals surface area (Å²) in [7, 11) is 4.12. The number of likely N-dealkylation sites (N-methyl/N-ethyl adjacent to an activating group) is 1. The highest BCUT2D eigenvalue weighted by molar-refractivity contribution is 7.99. The SMILES string of the molecule is COc1cc2c(cc1OC(=O)OC(C)(C)C)CCN[C@]21CS[C@@H]2c3c(OC(=O)C(F)(F)F)c(C)c4c(c3[C@H](COC1=O)N1C2[C@H]2c3c(cc(C)c(OC)c3OC(=O)C(F)(F)F)C[C@@H]([C@@H]1C#N)N2C)OCO4. The number of nitrogens with one attached hydrogen (secondary N) is 1. The predicted molar refractivity (Wildman–Crippen MR) is 234 cm³/mol. The van der Waals surface area contributed by atoms with Gasteiger partial charge in [0, 0.05) is 46.6 Å². The molecule has 1 unspecified atom stereocenters. The summed E-state index contributed by atoms with van der Waals surface area (Å²) in [6.45, 7) is 6.95. The number of rotatable bonds is 5. The molecular formula is C47H46F6N4O13S. The lowest BCUT2D eigenvalue weighted by atomic mass is 9.71. The van der Waals surface area contributed by atoms with Crippen LogP contribution in [0.15, 0.2) is 18.2 Å². The van der Waals surface area contributed by atoms with Gasteiger partial charge in [-0.3, -0.25) is 15.1 Å². The zero-order valence-electron chi connectivity index (χ0n) is 39.3. The van der Waals surface area contributed by atoms with Crippen LogP contribution in [-0.4, -0.2) is 117 Å².